The van der Waals surface area contributed by atoms with Crippen molar-refractivity contribution in [3.63, 3.8) is 0 Å². The number of nitrogens with two attached hydrogens (primary N) is 1. The van der Waals surface area contributed by atoms with Gasteiger partial charge in [-0.3, -0.25) is 0 Å². The summed E-state index contributed by atoms with van der Waals surface area (Å²) in [6.45, 7) is 2.49. The van der Waals surface area contributed by atoms with Crippen molar-refractivity contribution in [2.75, 3.05) is 24.2 Å². The fourth-order valence-corrected chi connectivity index (χ4v) is 1.16. The molecule has 0 radical (unpaired) electrons. The summed E-state index contributed by atoms with van der Waals surface area (Å²) in [5.74, 6) is 0.639. The van der Waals surface area contributed by atoms with Crippen LogP contribution in [0, 0.1) is 0 Å². The Kier molecular flexibility index (Phi) is 3.73. The molecule has 0 saturated carbocycles. The second-order valence-electron chi connectivity index (χ2n) is 3.13. The molecule has 1 rings (SSSR count). The fourth-order valence-electron chi connectivity index (χ4n) is 1.16. The van der Waals surface area contributed by atoms with Crippen molar-refractivity contribution in [1.82, 2.24) is 9.78 Å². The molecule has 0 amide bonds. The molecule has 80 valence electrons. The van der Waals surface area contributed by atoms with Gasteiger partial charge in [0.1, 0.15) is 5.82 Å². The fraction of sp³-hybridized carbons (Fsp3) is 0.625. The number of anilines is 2. The van der Waals surface area contributed by atoms with E-state index in [0.717, 1.165) is 0 Å². The molecule has 5 N–H and O–H groups in total. The quantitative estimate of drug-likeness (QED) is 0.501. The third-order valence-electron chi connectivity index (χ3n) is 1.71. The first-order valence-corrected chi connectivity index (χ1v) is 4.49. The first-order chi connectivity index (χ1) is 6.65. The molecule has 1 atom stereocenters. The van der Waals surface area contributed by atoms with E-state index in [4.69, 9.17) is 10.8 Å². The molecule has 1 unspecified atom stereocenters. The van der Waals surface area contributed by atoms with Crippen LogP contribution in [-0.4, -0.2) is 39.2 Å². The average molecular weight is 200 g/mol. The molecule has 1 aromatic heterocycles. The third-order valence-corrected chi connectivity index (χ3v) is 1.71. The van der Waals surface area contributed by atoms with Crippen molar-refractivity contribution in [1.29, 1.82) is 0 Å². The van der Waals surface area contributed by atoms with Gasteiger partial charge in [0.05, 0.1) is 31.1 Å². The number of aromatic nitrogens is 2. The Hall–Kier alpha value is -1.27. The van der Waals surface area contributed by atoms with Crippen molar-refractivity contribution < 1.29 is 10.2 Å². The minimum Gasteiger partial charge on any atom is -0.395 e. The predicted molar refractivity (Wildman–Crippen MR) is 53.9 cm³/mol. The number of aliphatic hydroxyl groups is 2. The Morgan fingerprint density at radius 2 is 2.43 bits per heavy atom. The lowest BCUT2D eigenvalue weighted by Gasteiger charge is -2.10. The highest BCUT2D eigenvalue weighted by Crippen LogP contribution is 2.17. The van der Waals surface area contributed by atoms with Crippen LogP contribution < -0.4 is 11.1 Å². The Bertz CT molecular complexity index is 285. The number of nitrogens with one attached hydrogen (secondary N) is 1. The largest absolute Gasteiger partial charge is 0.395 e. The standard InChI is InChI=1S/C8H16N4O2/c1-6(14)5-12-8(10-2-3-13)7(9)4-11-12/h4,6,10,13-14H,2-3,5,9H2,1H3. The maximum absolute atomic E-state index is 9.19. The van der Waals surface area contributed by atoms with Crippen LogP contribution >= 0.6 is 0 Å². The maximum Gasteiger partial charge on any atom is 0.147 e. The summed E-state index contributed by atoms with van der Waals surface area (Å²) in [5, 5.41) is 24.8. The maximum atomic E-state index is 9.19. The molecular formula is C8H16N4O2. The van der Waals surface area contributed by atoms with E-state index in [1.807, 2.05) is 0 Å². The lowest BCUT2D eigenvalue weighted by Crippen LogP contribution is -2.17. The Balaban J connectivity index is 2.72. The number of hydrogen-bond donors (Lipinski definition) is 4. The number of nitrogen functional groups attached to an aromatic ring is 1. The van der Waals surface area contributed by atoms with E-state index in [9.17, 15) is 5.11 Å². The summed E-state index contributed by atoms with van der Waals surface area (Å²) in [6.07, 6.45) is 1.03. The molecule has 6 heteroatoms. The Morgan fingerprint density at radius 1 is 1.71 bits per heavy atom. The summed E-state index contributed by atoms with van der Waals surface area (Å²) < 4.78 is 1.58. The van der Waals surface area contributed by atoms with Gasteiger partial charge in [-0.1, -0.05) is 0 Å². The van der Waals surface area contributed by atoms with Crippen LogP contribution in [-0.2, 0) is 6.54 Å². The molecule has 0 aromatic carbocycles. The van der Waals surface area contributed by atoms with Crippen LogP contribution in [0.4, 0.5) is 11.5 Å². The van der Waals surface area contributed by atoms with Crippen molar-refractivity contribution in [3.8, 4) is 0 Å². The highest BCUT2D eigenvalue weighted by atomic mass is 16.3. The average Bonchev–Trinajstić information content (AvgIpc) is 2.44. The van der Waals surface area contributed by atoms with Crippen molar-refractivity contribution in [3.05, 3.63) is 6.20 Å². The summed E-state index contributed by atoms with van der Waals surface area (Å²) in [7, 11) is 0. The lowest BCUT2D eigenvalue weighted by molar-refractivity contribution is 0.169. The first-order valence-electron chi connectivity index (χ1n) is 4.49. The molecule has 0 fully saturated rings. The van der Waals surface area contributed by atoms with E-state index in [0.29, 0.717) is 24.6 Å². The van der Waals surface area contributed by atoms with Gasteiger partial charge in [0.15, 0.2) is 0 Å². The highest BCUT2D eigenvalue weighted by molar-refractivity contribution is 5.60. The highest BCUT2D eigenvalue weighted by Gasteiger charge is 2.08. The minimum absolute atomic E-state index is 0.0271. The molecule has 0 saturated heterocycles. The number of nitrogens with zero attached hydrogens (tertiary/aromatic N) is 2. The Morgan fingerprint density at radius 3 is 3.00 bits per heavy atom. The molecule has 1 aromatic rings. The van der Waals surface area contributed by atoms with Gasteiger partial charge >= 0.3 is 0 Å². The van der Waals surface area contributed by atoms with E-state index >= 15 is 0 Å². The summed E-state index contributed by atoms with van der Waals surface area (Å²) in [5.41, 5.74) is 6.16. The van der Waals surface area contributed by atoms with Crippen LogP contribution in [0.5, 0.6) is 0 Å². The molecule has 6 nitrogen and oxygen atoms in total. The monoisotopic (exact) mass is 200 g/mol. The molecule has 0 bridgehead atoms. The van der Waals surface area contributed by atoms with Crippen LogP contribution in [0.3, 0.4) is 0 Å². The van der Waals surface area contributed by atoms with Gasteiger partial charge in [-0.15, -0.1) is 0 Å². The van der Waals surface area contributed by atoms with Crippen molar-refractivity contribution in [2.45, 2.75) is 19.6 Å². The van der Waals surface area contributed by atoms with Gasteiger partial charge in [-0.25, -0.2) is 4.68 Å². The van der Waals surface area contributed by atoms with E-state index < -0.39 is 6.10 Å². The van der Waals surface area contributed by atoms with Gasteiger partial charge < -0.3 is 21.3 Å². The molecule has 14 heavy (non-hydrogen) atoms. The number of hydrogen-bond acceptors (Lipinski definition) is 5. The van der Waals surface area contributed by atoms with E-state index in [-0.39, 0.29) is 6.61 Å². The van der Waals surface area contributed by atoms with Crippen LogP contribution in [0.25, 0.3) is 0 Å². The zero-order chi connectivity index (χ0) is 10.6. The molecular weight excluding hydrogens is 184 g/mol. The van der Waals surface area contributed by atoms with E-state index in [2.05, 4.69) is 10.4 Å². The van der Waals surface area contributed by atoms with Crippen molar-refractivity contribution >= 4 is 11.5 Å². The third kappa shape index (κ3) is 2.61. The molecule has 0 aliphatic carbocycles. The molecule has 0 aliphatic heterocycles. The second-order valence-corrected chi connectivity index (χ2v) is 3.13. The molecule has 0 spiro atoms. The SMILES string of the molecule is CC(O)Cn1ncc(N)c1NCCO. The van der Waals surface area contributed by atoms with Crippen molar-refractivity contribution in [2.24, 2.45) is 0 Å². The zero-order valence-corrected chi connectivity index (χ0v) is 8.14. The zero-order valence-electron chi connectivity index (χ0n) is 8.14. The number of aliphatic hydroxyl groups excluding tert-OH is 2. The summed E-state index contributed by atoms with van der Waals surface area (Å²) in [4.78, 5) is 0. The van der Waals surface area contributed by atoms with Gasteiger partial charge in [0.25, 0.3) is 0 Å². The van der Waals surface area contributed by atoms with Crippen LogP contribution in [0.1, 0.15) is 6.92 Å². The minimum atomic E-state index is -0.482. The van der Waals surface area contributed by atoms with Gasteiger partial charge in [-0.05, 0) is 6.92 Å². The first kappa shape index (κ1) is 10.8. The van der Waals surface area contributed by atoms with E-state index in [1.165, 1.54) is 6.20 Å². The van der Waals surface area contributed by atoms with Gasteiger partial charge in [0.2, 0.25) is 0 Å². The second kappa shape index (κ2) is 4.83. The predicted octanol–water partition coefficient (Wildman–Crippen LogP) is -0.750. The van der Waals surface area contributed by atoms with Gasteiger partial charge in [-0.2, -0.15) is 5.10 Å². The molecule has 1 heterocycles. The van der Waals surface area contributed by atoms with Crippen LogP contribution in [0.2, 0.25) is 0 Å². The Labute approximate surface area is 82.3 Å². The molecule has 0 aliphatic rings. The van der Waals surface area contributed by atoms with Crippen LogP contribution in [0.15, 0.2) is 6.20 Å². The lowest BCUT2D eigenvalue weighted by atomic mass is 10.4. The normalized spacial score (nSPS) is 12.8. The van der Waals surface area contributed by atoms with Gasteiger partial charge in [0, 0.05) is 6.54 Å². The van der Waals surface area contributed by atoms with E-state index in [1.54, 1.807) is 11.6 Å². The number of rotatable bonds is 5. The smallest absolute Gasteiger partial charge is 0.147 e. The summed E-state index contributed by atoms with van der Waals surface area (Å²) in [6, 6.07) is 0. The summed E-state index contributed by atoms with van der Waals surface area (Å²) >= 11 is 0. The topological polar surface area (TPSA) is 96.3 Å².